The Balaban J connectivity index is 3.17. The Hall–Kier alpha value is 0.0200. The van der Waals surface area contributed by atoms with Gasteiger partial charge in [0.1, 0.15) is 0 Å². The van der Waals surface area contributed by atoms with Gasteiger partial charge in [0.2, 0.25) is 0 Å². The molecule has 0 rings (SSSR count). The van der Waals surface area contributed by atoms with Crippen LogP contribution in [0.25, 0.3) is 0 Å². The van der Waals surface area contributed by atoms with Gasteiger partial charge in [-0.2, -0.15) is 11.8 Å². The molecule has 0 aromatic rings. The average molecular weight is 318 g/mol. The number of thioether (sulfide) groups is 1. The van der Waals surface area contributed by atoms with E-state index in [-0.39, 0.29) is 11.9 Å². The van der Waals surface area contributed by atoms with E-state index in [1.54, 1.807) is 23.0 Å². The quantitative estimate of drug-likeness (QED) is 0.423. The van der Waals surface area contributed by atoms with Crippen molar-refractivity contribution in [1.29, 1.82) is 0 Å². The first-order valence-corrected chi connectivity index (χ1v) is 5.70. The van der Waals surface area contributed by atoms with Crippen LogP contribution in [0.15, 0.2) is 0 Å². The lowest BCUT2D eigenvalue weighted by Crippen LogP contribution is -2.03. The van der Waals surface area contributed by atoms with Gasteiger partial charge >= 0.3 is 11.9 Å². The molecular formula is C7H11IO4S. The van der Waals surface area contributed by atoms with Gasteiger partial charge in [-0.3, -0.25) is 9.59 Å². The van der Waals surface area contributed by atoms with Gasteiger partial charge < -0.3 is 7.80 Å². The van der Waals surface area contributed by atoms with Crippen LogP contribution in [0.1, 0.15) is 12.8 Å². The molecule has 0 aromatic carbocycles. The van der Waals surface area contributed by atoms with Crippen molar-refractivity contribution in [1.82, 2.24) is 0 Å². The number of rotatable bonds is 6. The number of esters is 1. The fourth-order valence-corrected chi connectivity index (χ4v) is 1.60. The van der Waals surface area contributed by atoms with Gasteiger partial charge in [0.25, 0.3) is 0 Å². The predicted molar refractivity (Wildman–Crippen MR) is 58.7 cm³/mol. The molecule has 0 aromatic heterocycles. The SMILES string of the molecule is COC(=O)CCSCCC(=O)OI. The Labute approximate surface area is 95.4 Å². The second-order valence-corrected chi connectivity index (χ2v) is 3.80. The second kappa shape index (κ2) is 8.61. The molecule has 0 aliphatic carbocycles. The lowest BCUT2D eigenvalue weighted by atomic mass is 10.5. The van der Waals surface area contributed by atoms with Crippen LogP contribution in [-0.2, 0) is 17.4 Å². The molecule has 0 bridgehead atoms. The Morgan fingerprint density at radius 1 is 1.23 bits per heavy atom. The molecule has 0 heterocycles. The van der Waals surface area contributed by atoms with Crippen molar-refractivity contribution in [2.45, 2.75) is 12.8 Å². The summed E-state index contributed by atoms with van der Waals surface area (Å²) >= 11 is 3.09. The molecule has 0 saturated heterocycles. The van der Waals surface area contributed by atoms with Gasteiger partial charge in [-0.05, 0) is 0 Å². The van der Waals surface area contributed by atoms with Crippen molar-refractivity contribution in [3.8, 4) is 0 Å². The molecule has 76 valence electrons. The third-order valence-electron chi connectivity index (χ3n) is 1.21. The lowest BCUT2D eigenvalue weighted by Gasteiger charge is -1.99. The van der Waals surface area contributed by atoms with E-state index in [0.717, 1.165) is 0 Å². The monoisotopic (exact) mass is 318 g/mol. The number of methoxy groups -OCH3 is 1. The summed E-state index contributed by atoms with van der Waals surface area (Å²) in [6, 6.07) is 0. The van der Waals surface area contributed by atoms with E-state index in [0.29, 0.717) is 24.3 Å². The summed E-state index contributed by atoms with van der Waals surface area (Å²) in [5, 5.41) is 0. The highest BCUT2D eigenvalue weighted by molar-refractivity contribution is 14.1. The summed E-state index contributed by atoms with van der Waals surface area (Å²) in [7, 11) is 1.36. The normalized spacial score (nSPS) is 9.38. The van der Waals surface area contributed by atoms with Crippen molar-refractivity contribution >= 4 is 46.7 Å². The highest BCUT2D eigenvalue weighted by atomic mass is 127. The van der Waals surface area contributed by atoms with Crippen LogP contribution in [0.3, 0.4) is 0 Å². The summed E-state index contributed by atoms with van der Waals surface area (Å²) in [5.74, 6) is 0.912. The van der Waals surface area contributed by atoms with E-state index in [9.17, 15) is 9.59 Å². The number of halogens is 1. The summed E-state index contributed by atoms with van der Waals surface area (Å²) in [4.78, 5) is 21.3. The van der Waals surface area contributed by atoms with Gasteiger partial charge in [0.15, 0.2) is 23.0 Å². The maximum Gasteiger partial charge on any atom is 0.316 e. The van der Waals surface area contributed by atoms with Crippen LogP contribution in [0, 0.1) is 0 Å². The summed E-state index contributed by atoms with van der Waals surface area (Å²) in [5.41, 5.74) is 0. The third kappa shape index (κ3) is 8.35. The molecule has 0 spiro atoms. The first kappa shape index (κ1) is 13.0. The Morgan fingerprint density at radius 2 is 1.77 bits per heavy atom. The molecular weight excluding hydrogens is 307 g/mol. The predicted octanol–water partition coefficient (Wildman–Crippen LogP) is 1.57. The molecule has 0 N–H and O–H groups in total. The summed E-state index contributed by atoms with van der Waals surface area (Å²) in [6.07, 6.45) is 0.773. The van der Waals surface area contributed by atoms with Crippen LogP contribution < -0.4 is 0 Å². The van der Waals surface area contributed by atoms with Crippen LogP contribution in [0.5, 0.6) is 0 Å². The van der Waals surface area contributed by atoms with Gasteiger partial charge in [0.05, 0.1) is 20.0 Å². The van der Waals surface area contributed by atoms with E-state index < -0.39 is 0 Å². The topological polar surface area (TPSA) is 52.6 Å². The Kier molecular flexibility index (Phi) is 8.62. The van der Waals surface area contributed by atoms with Crippen LogP contribution in [-0.4, -0.2) is 30.6 Å². The molecule has 0 amide bonds. The molecule has 13 heavy (non-hydrogen) atoms. The smallest absolute Gasteiger partial charge is 0.316 e. The zero-order valence-corrected chi connectivity index (χ0v) is 10.2. The van der Waals surface area contributed by atoms with Crippen molar-refractivity contribution in [2.24, 2.45) is 0 Å². The van der Waals surface area contributed by atoms with Gasteiger partial charge in [-0.1, -0.05) is 0 Å². The molecule has 6 heteroatoms. The standard InChI is InChI=1S/C7H11IO4S/c1-11-6(9)2-4-13-5-3-7(10)12-8/h2-5H2,1H3. The zero-order valence-electron chi connectivity index (χ0n) is 7.25. The van der Waals surface area contributed by atoms with E-state index in [4.69, 9.17) is 0 Å². The van der Waals surface area contributed by atoms with Crippen molar-refractivity contribution in [3.63, 3.8) is 0 Å². The van der Waals surface area contributed by atoms with Gasteiger partial charge in [-0.15, -0.1) is 0 Å². The second-order valence-electron chi connectivity index (χ2n) is 2.14. The first-order chi connectivity index (χ1) is 6.20. The van der Waals surface area contributed by atoms with E-state index in [1.807, 2.05) is 0 Å². The number of hydrogen-bond acceptors (Lipinski definition) is 5. The molecule has 0 radical (unpaired) electrons. The highest BCUT2D eigenvalue weighted by Crippen LogP contribution is 2.06. The fourth-order valence-electron chi connectivity index (χ4n) is 0.554. The number of ether oxygens (including phenoxy) is 1. The lowest BCUT2D eigenvalue weighted by molar-refractivity contribution is -0.140. The van der Waals surface area contributed by atoms with E-state index in [1.165, 1.54) is 18.9 Å². The van der Waals surface area contributed by atoms with Gasteiger partial charge in [0, 0.05) is 11.5 Å². The van der Waals surface area contributed by atoms with E-state index >= 15 is 0 Å². The minimum absolute atomic E-state index is 0.219. The molecule has 0 saturated carbocycles. The molecule has 0 fully saturated rings. The minimum Gasteiger partial charge on any atom is -0.469 e. The summed E-state index contributed by atoms with van der Waals surface area (Å²) < 4.78 is 8.88. The fraction of sp³-hybridized carbons (Fsp3) is 0.714. The van der Waals surface area contributed by atoms with Crippen LogP contribution in [0.4, 0.5) is 0 Å². The molecule has 4 nitrogen and oxygen atoms in total. The van der Waals surface area contributed by atoms with Crippen molar-refractivity contribution in [2.75, 3.05) is 18.6 Å². The highest BCUT2D eigenvalue weighted by Gasteiger charge is 2.02. The molecule has 0 aliphatic rings. The minimum atomic E-state index is -0.230. The average Bonchev–Trinajstić information content (AvgIpc) is 2.16. The molecule has 0 atom stereocenters. The maximum absolute atomic E-state index is 10.6. The van der Waals surface area contributed by atoms with Gasteiger partial charge in [-0.25, -0.2) is 0 Å². The number of hydrogen-bond donors (Lipinski definition) is 0. The molecule has 0 unspecified atom stereocenters. The first-order valence-electron chi connectivity index (χ1n) is 3.66. The van der Waals surface area contributed by atoms with E-state index in [2.05, 4.69) is 7.80 Å². The Bertz CT molecular complexity index is 156. The summed E-state index contributed by atoms with van der Waals surface area (Å²) in [6.45, 7) is 0. The third-order valence-corrected chi connectivity index (χ3v) is 2.69. The zero-order chi connectivity index (χ0) is 10.1. The van der Waals surface area contributed by atoms with Crippen molar-refractivity contribution in [3.05, 3.63) is 0 Å². The number of carbonyl (C=O) groups excluding carboxylic acids is 2. The largest absolute Gasteiger partial charge is 0.469 e. The van der Waals surface area contributed by atoms with Crippen LogP contribution in [0.2, 0.25) is 0 Å². The Morgan fingerprint density at radius 3 is 2.23 bits per heavy atom. The van der Waals surface area contributed by atoms with Crippen LogP contribution >= 0.6 is 34.8 Å². The maximum atomic E-state index is 10.6. The molecule has 0 aliphatic heterocycles. The van der Waals surface area contributed by atoms with Crippen molar-refractivity contribution < 1.29 is 17.4 Å². The number of carbonyl (C=O) groups is 2.